The molecule has 2 aromatic carbocycles. The van der Waals surface area contributed by atoms with Crippen LogP contribution in [0.5, 0.6) is 0 Å². The molecule has 2 aromatic rings. The van der Waals surface area contributed by atoms with Crippen molar-refractivity contribution in [2.75, 3.05) is 14.2 Å². The molecule has 2 rings (SSSR count). The van der Waals surface area contributed by atoms with Gasteiger partial charge >= 0.3 is 10.0 Å². The van der Waals surface area contributed by atoms with E-state index < -0.39 is 0 Å². The van der Waals surface area contributed by atoms with E-state index >= 15 is 0 Å². The normalized spacial score (nSPS) is 9.29. The molecule has 0 amide bonds. The highest BCUT2D eigenvalue weighted by Gasteiger charge is 1.91. The highest BCUT2D eigenvalue weighted by molar-refractivity contribution is 6.17. The average Bonchev–Trinajstić information content (AvgIpc) is 2.42. The van der Waals surface area contributed by atoms with Crippen LogP contribution < -0.4 is 0 Å². The van der Waals surface area contributed by atoms with Crippen molar-refractivity contribution in [2.24, 2.45) is 0 Å². The predicted molar refractivity (Wildman–Crippen MR) is 71.7 cm³/mol. The second-order valence-corrected chi connectivity index (χ2v) is 4.21. The van der Waals surface area contributed by atoms with Crippen LogP contribution in [-0.2, 0) is 8.85 Å². The van der Waals surface area contributed by atoms with Gasteiger partial charge in [-0.1, -0.05) is 60.7 Å². The lowest BCUT2D eigenvalue weighted by atomic mass is 10.1. The Morgan fingerprint density at radius 3 is 1.24 bits per heavy atom. The Morgan fingerprint density at radius 2 is 1.00 bits per heavy atom. The third-order valence-corrected chi connectivity index (χ3v) is 2.38. The second kappa shape index (κ2) is 8.70. The van der Waals surface area contributed by atoms with Gasteiger partial charge in [0.05, 0.1) is 0 Å². The molecule has 0 heterocycles. The molecule has 2 radical (unpaired) electrons. The molecule has 0 unspecified atom stereocenters. The minimum atomic E-state index is 0.198. The first kappa shape index (κ1) is 13.6. The lowest BCUT2D eigenvalue weighted by molar-refractivity contribution is 0.309. The van der Waals surface area contributed by atoms with E-state index in [0.717, 1.165) is 0 Å². The lowest BCUT2D eigenvalue weighted by Gasteiger charge is -1.98. The van der Waals surface area contributed by atoms with E-state index in [0.29, 0.717) is 0 Å². The fourth-order valence-corrected chi connectivity index (χ4v) is 1.51. The topological polar surface area (TPSA) is 18.5 Å². The highest BCUT2D eigenvalue weighted by Crippen LogP contribution is 2.17. The summed E-state index contributed by atoms with van der Waals surface area (Å²) < 4.78 is 8.99. The number of benzene rings is 2. The van der Waals surface area contributed by atoms with Crippen LogP contribution in [0.3, 0.4) is 0 Å². The van der Waals surface area contributed by atoms with Crippen molar-refractivity contribution >= 4 is 10.0 Å². The minimum absolute atomic E-state index is 0.198. The first-order chi connectivity index (χ1) is 8.38. The molecule has 0 fully saturated rings. The van der Waals surface area contributed by atoms with Crippen LogP contribution in [0.2, 0.25) is 0 Å². The van der Waals surface area contributed by atoms with Crippen molar-refractivity contribution in [3.63, 3.8) is 0 Å². The van der Waals surface area contributed by atoms with Gasteiger partial charge in [0.25, 0.3) is 0 Å². The summed E-state index contributed by atoms with van der Waals surface area (Å²) in [6.07, 6.45) is 0. The van der Waals surface area contributed by atoms with E-state index in [4.69, 9.17) is 0 Å². The van der Waals surface area contributed by atoms with Gasteiger partial charge in [-0.2, -0.15) is 0 Å². The first-order valence-corrected chi connectivity index (χ1v) is 6.11. The van der Waals surface area contributed by atoms with E-state index in [-0.39, 0.29) is 10.0 Å². The van der Waals surface area contributed by atoms with Gasteiger partial charge in [-0.3, -0.25) is 0 Å². The Hall–Kier alpha value is -1.42. The van der Waals surface area contributed by atoms with E-state index in [2.05, 4.69) is 57.4 Å². The van der Waals surface area contributed by atoms with E-state index in [9.17, 15) is 0 Å². The van der Waals surface area contributed by atoms with E-state index in [1.54, 1.807) is 14.2 Å². The smallest absolute Gasteiger partial charge is 0.396 e. The Morgan fingerprint density at radius 1 is 0.647 bits per heavy atom. The van der Waals surface area contributed by atoms with Crippen molar-refractivity contribution in [1.82, 2.24) is 0 Å². The standard InChI is InChI=1S/C12H10.C2H6O2Si/c1-3-7-11(8-4-1)12-9-5-2-6-10-12;1-3-5-4-2/h1-10H;1-2H3. The molecule has 2 nitrogen and oxygen atoms in total. The van der Waals surface area contributed by atoms with Gasteiger partial charge in [-0.25, -0.2) is 0 Å². The van der Waals surface area contributed by atoms with Crippen molar-refractivity contribution in [3.8, 4) is 11.1 Å². The summed E-state index contributed by atoms with van der Waals surface area (Å²) in [6, 6.07) is 20.8. The number of rotatable bonds is 3. The zero-order valence-corrected chi connectivity index (χ0v) is 11.1. The summed E-state index contributed by atoms with van der Waals surface area (Å²) in [5.41, 5.74) is 2.55. The summed E-state index contributed by atoms with van der Waals surface area (Å²) in [6.45, 7) is 0. The van der Waals surface area contributed by atoms with E-state index in [1.807, 2.05) is 12.1 Å². The molecule has 0 saturated heterocycles. The Bertz CT molecular complexity index is 350. The van der Waals surface area contributed by atoms with Gasteiger partial charge in [0.2, 0.25) is 0 Å². The lowest BCUT2D eigenvalue weighted by Crippen LogP contribution is -1.93. The van der Waals surface area contributed by atoms with Crippen LogP contribution in [0, 0.1) is 0 Å². The molecule has 0 saturated carbocycles. The summed E-state index contributed by atoms with van der Waals surface area (Å²) in [4.78, 5) is 0. The maximum Gasteiger partial charge on any atom is 0.432 e. The molecule has 17 heavy (non-hydrogen) atoms. The second-order valence-electron chi connectivity index (χ2n) is 3.22. The average molecular weight is 244 g/mol. The minimum Gasteiger partial charge on any atom is -0.396 e. The van der Waals surface area contributed by atoms with Gasteiger partial charge < -0.3 is 8.85 Å². The molecule has 0 aliphatic rings. The van der Waals surface area contributed by atoms with Gasteiger partial charge in [-0.05, 0) is 11.1 Å². The third-order valence-electron chi connectivity index (χ3n) is 2.05. The number of hydrogen-bond acceptors (Lipinski definition) is 2. The van der Waals surface area contributed by atoms with Crippen LogP contribution in [0.1, 0.15) is 0 Å². The quantitative estimate of drug-likeness (QED) is 0.772. The Labute approximate surface area is 105 Å². The van der Waals surface area contributed by atoms with Gasteiger partial charge in [0.15, 0.2) is 0 Å². The van der Waals surface area contributed by atoms with Crippen molar-refractivity contribution in [2.45, 2.75) is 0 Å². The molecule has 0 aliphatic heterocycles. The molecule has 0 N–H and O–H groups in total. The summed E-state index contributed by atoms with van der Waals surface area (Å²) in [5.74, 6) is 0. The van der Waals surface area contributed by atoms with Crippen molar-refractivity contribution in [1.29, 1.82) is 0 Å². The molecular formula is C14H16O2Si. The van der Waals surface area contributed by atoms with Gasteiger partial charge in [-0.15, -0.1) is 0 Å². The largest absolute Gasteiger partial charge is 0.432 e. The summed E-state index contributed by atoms with van der Waals surface area (Å²) in [7, 11) is 3.40. The molecule has 88 valence electrons. The third kappa shape index (κ3) is 5.45. The summed E-state index contributed by atoms with van der Waals surface area (Å²) in [5, 5.41) is 0. The molecule has 0 aromatic heterocycles. The maximum absolute atomic E-state index is 4.50. The van der Waals surface area contributed by atoms with Gasteiger partial charge in [0, 0.05) is 14.2 Å². The summed E-state index contributed by atoms with van der Waals surface area (Å²) >= 11 is 0. The SMILES string of the molecule is CO[Si]OC.c1ccc(-c2ccccc2)cc1. The van der Waals surface area contributed by atoms with Gasteiger partial charge in [0.1, 0.15) is 0 Å². The molecule has 0 bridgehead atoms. The molecule has 0 spiro atoms. The maximum atomic E-state index is 4.50. The van der Waals surface area contributed by atoms with Crippen LogP contribution in [-0.4, -0.2) is 24.2 Å². The van der Waals surface area contributed by atoms with Crippen molar-refractivity contribution < 1.29 is 8.85 Å². The van der Waals surface area contributed by atoms with Crippen molar-refractivity contribution in [3.05, 3.63) is 60.7 Å². The fraction of sp³-hybridized carbons (Fsp3) is 0.143. The monoisotopic (exact) mass is 244 g/mol. The molecule has 0 aliphatic carbocycles. The predicted octanol–water partition coefficient (Wildman–Crippen LogP) is 3.17. The zero-order chi connectivity index (χ0) is 12.3. The van der Waals surface area contributed by atoms with Crippen LogP contribution in [0.25, 0.3) is 11.1 Å². The molecular weight excluding hydrogens is 228 g/mol. The van der Waals surface area contributed by atoms with Crippen LogP contribution in [0.4, 0.5) is 0 Å². The van der Waals surface area contributed by atoms with E-state index in [1.165, 1.54) is 11.1 Å². The zero-order valence-electron chi connectivity index (χ0n) is 10.1. The number of hydrogen-bond donors (Lipinski definition) is 0. The highest BCUT2D eigenvalue weighted by atomic mass is 28.3. The Balaban J connectivity index is 0.000000249. The van der Waals surface area contributed by atoms with Crippen LogP contribution in [0.15, 0.2) is 60.7 Å². The van der Waals surface area contributed by atoms with Crippen LogP contribution >= 0.6 is 0 Å². The molecule has 3 heteroatoms. The Kier molecular flexibility index (Phi) is 6.98. The fourth-order valence-electron chi connectivity index (χ4n) is 1.34. The molecule has 0 atom stereocenters. The first-order valence-electron chi connectivity index (χ1n) is 5.30.